The largest absolute Gasteiger partial charge is 0.310 e. The third kappa shape index (κ3) is 2.78. The normalized spacial score (nSPS) is 17.3. The number of anilines is 1. The lowest BCUT2D eigenvalue weighted by atomic mass is 10.1. The number of rotatable bonds is 5. The molecule has 2 aliphatic rings. The smallest absolute Gasteiger partial charge is 0.299 e. The van der Waals surface area contributed by atoms with Crippen LogP contribution in [0.2, 0.25) is 0 Å². The van der Waals surface area contributed by atoms with Gasteiger partial charge in [-0.2, -0.15) is 0 Å². The van der Waals surface area contributed by atoms with E-state index in [-0.39, 0.29) is 16.6 Å². The van der Waals surface area contributed by atoms with Gasteiger partial charge in [-0.1, -0.05) is 6.58 Å². The summed E-state index contributed by atoms with van der Waals surface area (Å²) in [7, 11) is 0. The number of carbonyl (C=O) groups is 2. The second-order valence-corrected chi connectivity index (χ2v) is 6.26. The zero-order valence-electron chi connectivity index (χ0n) is 11.3. The number of benzene rings is 1. The summed E-state index contributed by atoms with van der Waals surface area (Å²) in [4.78, 5) is 25.3. The number of nitrogens with one attached hydrogen (secondary N) is 1. The fraction of sp³-hybridized carbons (Fsp3) is 0.333. The van der Waals surface area contributed by atoms with E-state index in [2.05, 4.69) is 27.8 Å². The van der Waals surface area contributed by atoms with Crippen molar-refractivity contribution >= 4 is 33.3 Å². The monoisotopic (exact) mass is 352 g/mol. The SMILES string of the molecule is C=C(CNC1CC1)CN1C(=O)C(=O)c2cc(Br)c(F)cc21. The van der Waals surface area contributed by atoms with Crippen LogP contribution < -0.4 is 10.2 Å². The molecule has 1 amide bonds. The number of halogens is 2. The van der Waals surface area contributed by atoms with E-state index in [1.807, 2.05) is 0 Å². The van der Waals surface area contributed by atoms with Crippen molar-refractivity contribution in [2.24, 2.45) is 0 Å². The number of hydrogen-bond acceptors (Lipinski definition) is 3. The predicted octanol–water partition coefficient (Wildman–Crippen LogP) is 2.43. The summed E-state index contributed by atoms with van der Waals surface area (Å²) in [6.07, 6.45) is 2.33. The van der Waals surface area contributed by atoms with Gasteiger partial charge >= 0.3 is 0 Å². The molecule has 110 valence electrons. The first-order chi connectivity index (χ1) is 9.97. The Balaban J connectivity index is 1.79. The van der Waals surface area contributed by atoms with E-state index >= 15 is 0 Å². The first kappa shape index (κ1) is 14.4. The van der Waals surface area contributed by atoms with E-state index in [0.29, 0.717) is 18.3 Å². The molecule has 0 aromatic heterocycles. The number of carbonyl (C=O) groups excluding carboxylic acids is 2. The molecule has 1 heterocycles. The maximum atomic E-state index is 13.7. The van der Waals surface area contributed by atoms with Crippen LogP contribution in [-0.2, 0) is 4.79 Å². The molecule has 0 saturated heterocycles. The van der Waals surface area contributed by atoms with E-state index in [1.165, 1.54) is 17.0 Å². The van der Waals surface area contributed by atoms with Gasteiger partial charge in [-0.05, 0) is 46.5 Å². The van der Waals surface area contributed by atoms with Gasteiger partial charge < -0.3 is 10.2 Å². The van der Waals surface area contributed by atoms with Crippen LogP contribution in [0.1, 0.15) is 23.2 Å². The van der Waals surface area contributed by atoms with E-state index in [9.17, 15) is 14.0 Å². The molecule has 21 heavy (non-hydrogen) atoms. The number of amides is 1. The fourth-order valence-electron chi connectivity index (χ4n) is 2.30. The summed E-state index contributed by atoms with van der Waals surface area (Å²) >= 11 is 3.03. The van der Waals surface area contributed by atoms with Crippen LogP contribution in [0.5, 0.6) is 0 Å². The van der Waals surface area contributed by atoms with Crippen molar-refractivity contribution < 1.29 is 14.0 Å². The molecule has 4 nitrogen and oxygen atoms in total. The van der Waals surface area contributed by atoms with Crippen molar-refractivity contribution in [1.29, 1.82) is 0 Å². The topological polar surface area (TPSA) is 49.4 Å². The Kier molecular flexibility index (Phi) is 3.67. The van der Waals surface area contributed by atoms with Crippen molar-refractivity contribution in [3.8, 4) is 0 Å². The van der Waals surface area contributed by atoms with Crippen LogP contribution >= 0.6 is 15.9 Å². The van der Waals surface area contributed by atoms with E-state index < -0.39 is 17.5 Å². The number of hydrogen-bond donors (Lipinski definition) is 1. The average Bonchev–Trinajstić information content (AvgIpc) is 3.24. The molecule has 1 N–H and O–H groups in total. The third-order valence-electron chi connectivity index (χ3n) is 3.61. The second-order valence-electron chi connectivity index (χ2n) is 5.41. The Morgan fingerprint density at radius 3 is 2.81 bits per heavy atom. The molecule has 0 unspecified atom stereocenters. The van der Waals surface area contributed by atoms with Gasteiger partial charge in [0.25, 0.3) is 11.7 Å². The summed E-state index contributed by atoms with van der Waals surface area (Å²) in [6.45, 7) is 4.73. The fourth-order valence-corrected chi connectivity index (χ4v) is 2.64. The minimum Gasteiger partial charge on any atom is -0.310 e. The Bertz CT molecular complexity index is 655. The van der Waals surface area contributed by atoms with E-state index in [0.717, 1.165) is 18.4 Å². The molecule has 1 saturated carbocycles. The second kappa shape index (κ2) is 5.35. The molecule has 1 aliphatic carbocycles. The van der Waals surface area contributed by atoms with Crippen LogP contribution in [0.3, 0.4) is 0 Å². The Hall–Kier alpha value is -1.53. The maximum absolute atomic E-state index is 13.7. The average molecular weight is 353 g/mol. The van der Waals surface area contributed by atoms with Crippen LogP contribution in [0.25, 0.3) is 0 Å². The van der Waals surface area contributed by atoms with Gasteiger partial charge in [-0.3, -0.25) is 9.59 Å². The number of Topliss-reactive ketones (excluding diaryl/α,β-unsaturated/α-hetero) is 1. The van der Waals surface area contributed by atoms with Crippen LogP contribution in [0.15, 0.2) is 28.8 Å². The molecule has 0 bridgehead atoms. The molecule has 0 atom stereocenters. The molecular weight excluding hydrogens is 339 g/mol. The Morgan fingerprint density at radius 1 is 1.43 bits per heavy atom. The zero-order chi connectivity index (χ0) is 15.1. The van der Waals surface area contributed by atoms with Gasteiger partial charge in [0.2, 0.25) is 0 Å². The Morgan fingerprint density at radius 2 is 2.14 bits per heavy atom. The van der Waals surface area contributed by atoms with Crippen molar-refractivity contribution in [3.63, 3.8) is 0 Å². The van der Waals surface area contributed by atoms with Crippen molar-refractivity contribution in [2.45, 2.75) is 18.9 Å². The number of fused-ring (bicyclic) bond motifs is 1. The zero-order valence-corrected chi connectivity index (χ0v) is 12.9. The lowest BCUT2D eigenvalue weighted by molar-refractivity contribution is -0.114. The summed E-state index contributed by atoms with van der Waals surface area (Å²) in [5.41, 5.74) is 1.34. The first-order valence-electron chi connectivity index (χ1n) is 6.72. The lowest BCUT2D eigenvalue weighted by Gasteiger charge is -2.18. The molecule has 1 aliphatic heterocycles. The maximum Gasteiger partial charge on any atom is 0.299 e. The number of nitrogens with zero attached hydrogens (tertiary/aromatic N) is 1. The summed E-state index contributed by atoms with van der Waals surface area (Å²) in [5, 5.41) is 3.30. The van der Waals surface area contributed by atoms with Crippen molar-refractivity contribution in [1.82, 2.24) is 5.32 Å². The highest BCUT2D eigenvalue weighted by Gasteiger charge is 2.36. The predicted molar refractivity (Wildman–Crippen MR) is 80.9 cm³/mol. The molecule has 0 spiro atoms. The minimum atomic E-state index is -0.630. The van der Waals surface area contributed by atoms with Crippen molar-refractivity contribution in [2.75, 3.05) is 18.0 Å². The van der Waals surface area contributed by atoms with Gasteiger partial charge in [0.1, 0.15) is 5.82 Å². The van der Waals surface area contributed by atoms with Gasteiger partial charge in [0.05, 0.1) is 15.7 Å². The Labute approximate surface area is 130 Å². The van der Waals surface area contributed by atoms with Crippen molar-refractivity contribution in [3.05, 3.63) is 40.1 Å². The minimum absolute atomic E-state index is 0.179. The van der Waals surface area contributed by atoms with Gasteiger partial charge in [-0.25, -0.2) is 4.39 Å². The van der Waals surface area contributed by atoms with Crippen LogP contribution in [0, 0.1) is 5.82 Å². The van der Waals surface area contributed by atoms with Crippen LogP contribution in [0.4, 0.5) is 10.1 Å². The molecule has 0 radical (unpaired) electrons. The summed E-state index contributed by atoms with van der Waals surface area (Å²) < 4.78 is 13.8. The summed E-state index contributed by atoms with van der Waals surface area (Å²) in [5.74, 6) is -1.73. The molecule has 1 fully saturated rings. The quantitative estimate of drug-likeness (QED) is 0.654. The van der Waals surface area contributed by atoms with E-state index in [1.54, 1.807) is 0 Å². The van der Waals surface area contributed by atoms with Crippen LogP contribution in [-0.4, -0.2) is 30.8 Å². The standard InChI is InChI=1S/C15H14BrFN2O2/c1-8(6-18-9-2-3-9)7-19-13-5-12(17)11(16)4-10(13)14(20)15(19)21/h4-5,9,18H,1-3,6-7H2. The molecule has 1 aromatic carbocycles. The molecule has 1 aromatic rings. The highest BCUT2D eigenvalue weighted by molar-refractivity contribution is 9.10. The van der Waals surface area contributed by atoms with Gasteiger partial charge in [0, 0.05) is 19.1 Å². The van der Waals surface area contributed by atoms with Gasteiger partial charge in [-0.15, -0.1) is 0 Å². The molecule has 3 rings (SSSR count). The highest BCUT2D eigenvalue weighted by atomic mass is 79.9. The molecule has 6 heteroatoms. The first-order valence-corrected chi connectivity index (χ1v) is 7.52. The summed E-state index contributed by atoms with van der Waals surface area (Å²) in [6, 6.07) is 3.11. The van der Waals surface area contributed by atoms with E-state index in [4.69, 9.17) is 0 Å². The number of ketones is 1. The van der Waals surface area contributed by atoms with Gasteiger partial charge in [0.15, 0.2) is 0 Å². The highest BCUT2D eigenvalue weighted by Crippen LogP contribution is 2.33. The lowest BCUT2D eigenvalue weighted by Crippen LogP contribution is -2.34. The molecular formula is C15H14BrFN2O2. The third-order valence-corrected chi connectivity index (χ3v) is 4.22.